The van der Waals surface area contributed by atoms with E-state index >= 15 is 0 Å². The molecule has 0 amide bonds. The molecule has 0 radical (unpaired) electrons. The fraction of sp³-hybridized carbons (Fsp3) is 0.333. The molecule has 4 rings (SSSR count). The number of methoxy groups -OCH3 is 2. The van der Waals surface area contributed by atoms with Gasteiger partial charge in [0.2, 0.25) is 0 Å². The van der Waals surface area contributed by atoms with Gasteiger partial charge in [-0.15, -0.1) is 5.10 Å². The summed E-state index contributed by atoms with van der Waals surface area (Å²) in [5, 5.41) is 3.38. The van der Waals surface area contributed by atoms with Crippen LogP contribution in [0.25, 0.3) is 5.78 Å². The van der Waals surface area contributed by atoms with Gasteiger partial charge in [-0.1, -0.05) is 6.07 Å². The summed E-state index contributed by atoms with van der Waals surface area (Å²) in [5.74, 6) is -0.761. The first kappa shape index (κ1) is 18.2. The van der Waals surface area contributed by atoms with E-state index in [-0.39, 0.29) is 29.5 Å². The van der Waals surface area contributed by atoms with Crippen LogP contribution in [0.1, 0.15) is 39.8 Å². The Labute approximate surface area is 157 Å². The maximum Gasteiger partial charge on any atom is 0.453 e. The van der Waals surface area contributed by atoms with E-state index in [0.717, 1.165) is 10.1 Å². The topological polar surface area (TPSA) is 78.6 Å². The number of nitrogens with zero attached hydrogens (tertiary/aromatic N) is 4. The number of hydrogen-bond donors (Lipinski definition) is 0. The fourth-order valence-corrected chi connectivity index (χ4v) is 3.35. The van der Waals surface area contributed by atoms with E-state index in [4.69, 9.17) is 9.47 Å². The zero-order valence-electron chi connectivity index (χ0n) is 14.9. The van der Waals surface area contributed by atoms with Gasteiger partial charge in [0.1, 0.15) is 0 Å². The molecule has 1 atom stereocenters. The van der Waals surface area contributed by atoms with Crippen molar-refractivity contribution in [3.63, 3.8) is 0 Å². The van der Waals surface area contributed by atoms with E-state index in [1.165, 1.54) is 20.4 Å². The van der Waals surface area contributed by atoms with Gasteiger partial charge in [0.15, 0.2) is 17.3 Å². The highest BCUT2D eigenvalue weighted by Crippen LogP contribution is 2.36. The van der Waals surface area contributed by atoms with Gasteiger partial charge in [0.25, 0.3) is 11.6 Å². The number of rotatable bonds is 3. The van der Waals surface area contributed by atoms with Crippen LogP contribution in [0.4, 0.5) is 13.2 Å². The van der Waals surface area contributed by atoms with Gasteiger partial charge in [-0.2, -0.15) is 18.2 Å². The Hall–Kier alpha value is -3.17. The van der Waals surface area contributed by atoms with Crippen LogP contribution in [-0.2, 0) is 12.6 Å². The Kier molecular flexibility index (Phi) is 4.20. The molecule has 0 spiro atoms. The number of fused-ring (bicyclic) bond motifs is 2. The standard InChI is InChI=1S/C18H15F3N4O3/c1-27-14-4-3-9(7-15(14)28-2)10-5-12-11(13(26)6-10)8-25-17(22-12)23-16(24-25)18(19,20)21/h3-4,7-8,10H,5-6H2,1-2H3. The van der Waals surface area contributed by atoms with E-state index in [2.05, 4.69) is 15.1 Å². The molecule has 3 aromatic rings. The smallest absolute Gasteiger partial charge is 0.453 e. The highest BCUT2D eigenvalue weighted by Gasteiger charge is 2.37. The molecule has 0 saturated heterocycles. The first-order chi connectivity index (χ1) is 13.3. The second kappa shape index (κ2) is 6.47. The average Bonchev–Trinajstić information content (AvgIpc) is 3.09. The normalized spacial score (nSPS) is 16.9. The number of carbonyl (C=O) groups excluding carboxylic acids is 1. The SMILES string of the molecule is COc1ccc(C2CC(=O)c3cn4nc(C(F)(F)F)nc4nc3C2)cc1OC. The lowest BCUT2D eigenvalue weighted by atomic mass is 9.82. The summed E-state index contributed by atoms with van der Waals surface area (Å²) >= 11 is 0. The number of Topliss-reactive ketones (excluding diaryl/α,β-unsaturated/α-hetero) is 1. The summed E-state index contributed by atoms with van der Waals surface area (Å²) in [7, 11) is 3.05. The largest absolute Gasteiger partial charge is 0.493 e. The number of ether oxygens (including phenoxy) is 2. The van der Waals surface area contributed by atoms with E-state index in [9.17, 15) is 18.0 Å². The number of aromatic nitrogens is 4. The predicted octanol–water partition coefficient (Wildman–Crippen LogP) is 3.07. The number of ketones is 1. The van der Waals surface area contributed by atoms with Gasteiger partial charge in [-0.25, -0.2) is 9.50 Å². The Morgan fingerprint density at radius 2 is 1.86 bits per heavy atom. The maximum absolute atomic E-state index is 12.8. The summed E-state index contributed by atoms with van der Waals surface area (Å²) in [4.78, 5) is 20.2. The van der Waals surface area contributed by atoms with Crippen LogP contribution in [-0.4, -0.2) is 39.6 Å². The molecule has 0 aliphatic heterocycles. The van der Waals surface area contributed by atoms with Gasteiger partial charge in [-0.3, -0.25) is 4.79 Å². The van der Waals surface area contributed by atoms with E-state index in [1.807, 2.05) is 6.07 Å². The van der Waals surface area contributed by atoms with Crippen LogP contribution in [0.5, 0.6) is 11.5 Å². The third-order valence-corrected chi connectivity index (χ3v) is 4.72. The summed E-state index contributed by atoms with van der Waals surface area (Å²) < 4.78 is 49.9. The molecular formula is C18H15F3N4O3. The Morgan fingerprint density at radius 1 is 1.11 bits per heavy atom. The fourth-order valence-electron chi connectivity index (χ4n) is 3.35. The van der Waals surface area contributed by atoms with Crippen LogP contribution in [0.3, 0.4) is 0 Å². The molecule has 28 heavy (non-hydrogen) atoms. The molecule has 0 N–H and O–H groups in total. The molecule has 1 aliphatic carbocycles. The number of benzene rings is 1. The number of alkyl halides is 3. The predicted molar refractivity (Wildman–Crippen MR) is 90.7 cm³/mol. The summed E-state index contributed by atoms with van der Waals surface area (Å²) in [5.41, 5.74) is 1.53. The molecule has 1 aromatic carbocycles. The molecular weight excluding hydrogens is 377 g/mol. The van der Waals surface area contributed by atoms with E-state index in [1.54, 1.807) is 12.1 Å². The minimum atomic E-state index is -4.68. The summed E-state index contributed by atoms with van der Waals surface area (Å²) in [6, 6.07) is 5.37. The van der Waals surface area contributed by atoms with Crippen molar-refractivity contribution < 1.29 is 27.4 Å². The average molecular weight is 392 g/mol. The van der Waals surface area contributed by atoms with Crippen molar-refractivity contribution in [2.45, 2.75) is 24.9 Å². The Morgan fingerprint density at radius 3 is 2.54 bits per heavy atom. The molecule has 0 saturated carbocycles. The lowest BCUT2D eigenvalue weighted by molar-refractivity contribution is -0.144. The number of carbonyl (C=O) groups is 1. The second-order valence-corrected chi connectivity index (χ2v) is 6.42. The van der Waals surface area contributed by atoms with E-state index in [0.29, 0.717) is 23.6 Å². The third kappa shape index (κ3) is 3.04. The summed E-state index contributed by atoms with van der Waals surface area (Å²) in [6.45, 7) is 0. The summed E-state index contributed by atoms with van der Waals surface area (Å²) in [6.07, 6.45) is -2.81. The molecule has 7 nitrogen and oxygen atoms in total. The molecule has 0 bridgehead atoms. The van der Waals surface area contributed by atoms with Crippen molar-refractivity contribution in [2.75, 3.05) is 14.2 Å². The van der Waals surface area contributed by atoms with Gasteiger partial charge in [0, 0.05) is 12.6 Å². The van der Waals surface area contributed by atoms with Crippen LogP contribution in [0.15, 0.2) is 24.4 Å². The lowest BCUT2D eigenvalue weighted by Crippen LogP contribution is -2.21. The van der Waals surface area contributed by atoms with E-state index < -0.39 is 12.0 Å². The molecule has 2 aromatic heterocycles. The van der Waals surface area contributed by atoms with Crippen molar-refractivity contribution in [1.29, 1.82) is 0 Å². The molecule has 1 unspecified atom stereocenters. The highest BCUT2D eigenvalue weighted by atomic mass is 19.4. The first-order valence-corrected chi connectivity index (χ1v) is 8.38. The molecule has 0 fully saturated rings. The van der Waals surface area contributed by atoms with Gasteiger partial charge >= 0.3 is 6.18 Å². The number of halogens is 3. The molecule has 10 heteroatoms. The second-order valence-electron chi connectivity index (χ2n) is 6.42. The van der Waals surface area contributed by atoms with Crippen molar-refractivity contribution in [2.24, 2.45) is 0 Å². The van der Waals surface area contributed by atoms with Crippen molar-refractivity contribution in [3.05, 3.63) is 47.0 Å². The molecule has 1 aliphatic rings. The highest BCUT2D eigenvalue weighted by molar-refractivity contribution is 5.98. The van der Waals surface area contributed by atoms with Crippen molar-refractivity contribution in [3.8, 4) is 11.5 Å². The zero-order valence-corrected chi connectivity index (χ0v) is 14.9. The minimum absolute atomic E-state index is 0.181. The third-order valence-electron chi connectivity index (χ3n) is 4.72. The van der Waals surface area contributed by atoms with Crippen molar-refractivity contribution in [1.82, 2.24) is 19.6 Å². The lowest BCUT2D eigenvalue weighted by Gasteiger charge is -2.23. The van der Waals surface area contributed by atoms with Gasteiger partial charge < -0.3 is 9.47 Å². The van der Waals surface area contributed by atoms with Crippen molar-refractivity contribution >= 4 is 11.6 Å². The van der Waals surface area contributed by atoms with Gasteiger partial charge in [0.05, 0.1) is 25.5 Å². The number of hydrogen-bond acceptors (Lipinski definition) is 6. The zero-order chi connectivity index (χ0) is 20.1. The molecule has 146 valence electrons. The first-order valence-electron chi connectivity index (χ1n) is 8.38. The van der Waals surface area contributed by atoms with Crippen LogP contribution >= 0.6 is 0 Å². The Balaban J connectivity index is 1.72. The van der Waals surface area contributed by atoms with Gasteiger partial charge in [-0.05, 0) is 30.0 Å². The Bertz CT molecular complexity index is 1080. The van der Waals surface area contributed by atoms with Crippen LogP contribution in [0.2, 0.25) is 0 Å². The quantitative estimate of drug-likeness (QED) is 0.682. The minimum Gasteiger partial charge on any atom is -0.493 e. The van der Waals surface area contributed by atoms with Crippen LogP contribution < -0.4 is 9.47 Å². The monoisotopic (exact) mass is 392 g/mol. The van der Waals surface area contributed by atoms with Crippen LogP contribution in [0, 0.1) is 0 Å². The molecule has 2 heterocycles. The maximum atomic E-state index is 12.8.